The van der Waals surface area contributed by atoms with Crippen molar-refractivity contribution >= 4 is 31.5 Å². The summed E-state index contributed by atoms with van der Waals surface area (Å²) in [5.74, 6) is 0.488. The van der Waals surface area contributed by atoms with Gasteiger partial charge in [-0.2, -0.15) is 0 Å². The maximum atomic E-state index is 11.0. The van der Waals surface area contributed by atoms with E-state index in [0.717, 1.165) is 4.90 Å². The number of rotatable bonds is 4. The average molecular weight is 267 g/mol. The summed E-state index contributed by atoms with van der Waals surface area (Å²) in [5.41, 5.74) is 0.664. The lowest BCUT2D eigenvalue weighted by molar-refractivity contribution is 0.404. The van der Waals surface area contributed by atoms with E-state index in [0.29, 0.717) is 11.3 Å². The molecule has 1 rings (SSSR count). The van der Waals surface area contributed by atoms with Gasteiger partial charge in [-0.25, -0.2) is 8.42 Å². The second-order valence-electron chi connectivity index (χ2n) is 2.84. The van der Waals surface area contributed by atoms with Crippen molar-refractivity contribution < 1.29 is 13.2 Å². The van der Waals surface area contributed by atoms with Gasteiger partial charge in [0, 0.05) is 10.7 Å². The SMILES string of the molecule is COc1cccc(CS(=O)(=O)Cl)c1SC. The van der Waals surface area contributed by atoms with Crippen molar-refractivity contribution in [2.45, 2.75) is 10.6 Å². The molecule has 0 aliphatic heterocycles. The Labute approximate surface area is 98.2 Å². The van der Waals surface area contributed by atoms with Gasteiger partial charge in [0.25, 0.3) is 0 Å². The minimum atomic E-state index is -3.53. The second kappa shape index (κ2) is 5.09. The van der Waals surface area contributed by atoms with Crippen LogP contribution in [0.5, 0.6) is 5.75 Å². The first-order valence-electron chi connectivity index (χ1n) is 4.10. The third-order valence-corrected chi connectivity index (χ3v) is 3.67. The maximum Gasteiger partial charge on any atom is 0.236 e. The lowest BCUT2D eigenvalue weighted by Gasteiger charge is -2.10. The molecule has 0 aromatic heterocycles. The fourth-order valence-electron chi connectivity index (χ4n) is 1.25. The molecule has 0 heterocycles. The van der Waals surface area contributed by atoms with Crippen LogP contribution in [0.1, 0.15) is 5.56 Å². The van der Waals surface area contributed by atoms with Crippen molar-refractivity contribution in [1.29, 1.82) is 0 Å². The van der Waals surface area contributed by atoms with Crippen LogP contribution < -0.4 is 4.74 Å². The van der Waals surface area contributed by atoms with Crippen molar-refractivity contribution in [3.8, 4) is 5.75 Å². The number of thioether (sulfide) groups is 1. The molecular formula is C9H11ClO3S2. The summed E-state index contributed by atoms with van der Waals surface area (Å²) in [7, 11) is 3.23. The minimum Gasteiger partial charge on any atom is -0.496 e. The molecular weight excluding hydrogens is 256 g/mol. The molecule has 6 heteroatoms. The fourth-order valence-corrected chi connectivity index (χ4v) is 3.06. The molecule has 0 radical (unpaired) electrons. The summed E-state index contributed by atoms with van der Waals surface area (Å²) < 4.78 is 27.1. The highest BCUT2D eigenvalue weighted by Crippen LogP contribution is 2.32. The quantitative estimate of drug-likeness (QED) is 0.620. The van der Waals surface area contributed by atoms with Crippen LogP contribution in [-0.4, -0.2) is 21.8 Å². The number of hydrogen-bond acceptors (Lipinski definition) is 4. The molecule has 15 heavy (non-hydrogen) atoms. The Kier molecular flexibility index (Phi) is 4.31. The molecule has 0 saturated heterocycles. The zero-order chi connectivity index (χ0) is 11.5. The maximum absolute atomic E-state index is 11.0. The van der Waals surface area contributed by atoms with Crippen LogP contribution in [0.4, 0.5) is 0 Å². The molecule has 0 bridgehead atoms. The average Bonchev–Trinajstić information content (AvgIpc) is 2.15. The van der Waals surface area contributed by atoms with E-state index < -0.39 is 9.05 Å². The normalized spacial score (nSPS) is 11.4. The lowest BCUT2D eigenvalue weighted by Crippen LogP contribution is -1.98. The van der Waals surface area contributed by atoms with Crippen LogP contribution >= 0.6 is 22.4 Å². The number of benzene rings is 1. The Morgan fingerprint density at radius 1 is 1.47 bits per heavy atom. The van der Waals surface area contributed by atoms with Crippen LogP contribution in [0.3, 0.4) is 0 Å². The number of methoxy groups -OCH3 is 1. The van der Waals surface area contributed by atoms with Gasteiger partial charge in [0.05, 0.1) is 17.8 Å². The molecule has 3 nitrogen and oxygen atoms in total. The van der Waals surface area contributed by atoms with Crippen LogP contribution in [-0.2, 0) is 14.8 Å². The van der Waals surface area contributed by atoms with E-state index in [1.165, 1.54) is 11.8 Å². The highest BCUT2D eigenvalue weighted by atomic mass is 35.7. The monoisotopic (exact) mass is 266 g/mol. The topological polar surface area (TPSA) is 43.4 Å². The van der Waals surface area contributed by atoms with E-state index in [-0.39, 0.29) is 5.75 Å². The molecule has 84 valence electrons. The van der Waals surface area contributed by atoms with Gasteiger partial charge in [0.1, 0.15) is 5.75 Å². The molecule has 0 unspecified atom stereocenters. The predicted octanol–water partition coefficient (Wildman–Crippen LogP) is 2.49. The molecule has 0 aliphatic rings. The standard InChI is InChI=1S/C9H11ClO3S2/c1-13-8-5-3-4-7(9(8)14-2)6-15(10,11)12/h3-5H,6H2,1-2H3. The molecule has 0 fully saturated rings. The molecule has 0 aliphatic carbocycles. The van der Waals surface area contributed by atoms with E-state index in [1.807, 2.05) is 6.26 Å². The largest absolute Gasteiger partial charge is 0.496 e. The Morgan fingerprint density at radius 3 is 2.60 bits per heavy atom. The van der Waals surface area contributed by atoms with Crippen LogP contribution in [0.2, 0.25) is 0 Å². The lowest BCUT2D eigenvalue weighted by atomic mass is 10.2. The molecule has 1 aromatic rings. The Morgan fingerprint density at radius 2 is 2.13 bits per heavy atom. The molecule has 0 spiro atoms. The van der Waals surface area contributed by atoms with Gasteiger partial charge in [-0.05, 0) is 17.9 Å². The highest BCUT2D eigenvalue weighted by molar-refractivity contribution is 8.13. The van der Waals surface area contributed by atoms with Gasteiger partial charge < -0.3 is 4.74 Å². The van der Waals surface area contributed by atoms with E-state index in [9.17, 15) is 8.42 Å². The first kappa shape index (κ1) is 12.7. The molecule has 0 amide bonds. The summed E-state index contributed by atoms with van der Waals surface area (Å²) in [6.45, 7) is 0. The smallest absolute Gasteiger partial charge is 0.236 e. The van der Waals surface area contributed by atoms with E-state index >= 15 is 0 Å². The van der Waals surface area contributed by atoms with Gasteiger partial charge in [-0.15, -0.1) is 11.8 Å². The van der Waals surface area contributed by atoms with E-state index in [1.54, 1.807) is 25.3 Å². The van der Waals surface area contributed by atoms with E-state index in [4.69, 9.17) is 15.4 Å². The molecule has 1 aromatic carbocycles. The molecule has 0 saturated carbocycles. The zero-order valence-corrected chi connectivity index (χ0v) is 10.7. The predicted molar refractivity (Wildman–Crippen MR) is 63.3 cm³/mol. The summed E-state index contributed by atoms with van der Waals surface area (Å²) in [6.07, 6.45) is 1.86. The second-order valence-corrected chi connectivity index (χ2v) is 6.43. The number of hydrogen-bond donors (Lipinski definition) is 0. The Balaban J connectivity index is 3.18. The van der Waals surface area contributed by atoms with Crippen LogP contribution in [0.25, 0.3) is 0 Å². The van der Waals surface area contributed by atoms with Crippen molar-refractivity contribution in [2.75, 3.05) is 13.4 Å². The summed E-state index contributed by atoms with van der Waals surface area (Å²) in [4.78, 5) is 0.809. The Hall–Kier alpha value is -0.390. The number of ether oxygens (including phenoxy) is 1. The van der Waals surface area contributed by atoms with Gasteiger partial charge in [-0.1, -0.05) is 12.1 Å². The van der Waals surface area contributed by atoms with Crippen molar-refractivity contribution in [1.82, 2.24) is 0 Å². The van der Waals surface area contributed by atoms with Gasteiger partial charge in [0.15, 0.2) is 0 Å². The van der Waals surface area contributed by atoms with Gasteiger partial charge in [-0.3, -0.25) is 0 Å². The molecule has 0 atom stereocenters. The van der Waals surface area contributed by atoms with Crippen LogP contribution in [0.15, 0.2) is 23.1 Å². The summed E-state index contributed by atoms with van der Waals surface area (Å²) in [6, 6.07) is 5.26. The van der Waals surface area contributed by atoms with Crippen molar-refractivity contribution in [3.05, 3.63) is 23.8 Å². The van der Waals surface area contributed by atoms with Gasteiger partial charge >= 0.3 is 0 Å². The summed E-state index contributed by atoms with van der Waals surface area (Å²) in [5, 5.41) is 0. The first-order chi connectivity index (χ1) is 6.98. The van der Waals surface area contributed by atoms with Crippen molar-refractivity contribution in [2.24, 2.45) is 0 Å². The summed E-state index contributed by atoms with van der Waals surface area (Å²) >= 11 is 1.44. The molecule has 0 N–H and O–H groups in total. The van der Waals surface area contributed by atoms with Crippen molar-refractivity contribution in [3.63, 3.8) is 0 Å². The Bertz CT molecular complexity index is 443. The first-order valence-corrected chi connectivity index (χ1v) is 7.80. The fraction of sp³-hybridized carbons (Fsp3) is 0.333. The minimum absolute atomic E-state index is 0.179. The highest BCUT2D eigenvalue weighted by Gasteiger charge is 2.13. The number of halogens is 1. The third-order valence-electron chi connectivity index (χ3n) is 1.81. The van der Waals surface area contributed by atoms with E-state index in [2.05, 4.69) is 0 Å². The zero-order valence-electron chi connectivity index (χ0n) is 8.36. The third kappa shape index (κ3) is 3.59. The van der Waals surface area contributed by atoms with Crippen LogP contribution in [0, 0.1) is 0 Å². The van der Waals surface area contributed by atoms with Gasteiger partial charge in [0.2, 0.25) is 9.05 Å².